The van der Waals surface area contributed by atoms with Crippen molar-refractivity contribution in [3.8, 4) is 0 Å². The predicted octanol–water partition coefficient (Wildman–Crippen LogP) is 0.798. The monoisotopic (exact) mass is 110 g/mol. The van der Waals surface area contributed by atoms with Gasteiger partial charge in [-0.05, 0) is 5.22 Å². The van der Waals surface area contributed by atoms with E-state index < -0.39 is 0 Å². The third kappa shape index (κ3) is 0.900. The summed E-state index contributed by atoms with van der Waals surface area (Å²) >= 11 is 0. The molecule has 0 fully saturated rings. The zero-order chi connectivity index (χ0) is 5.98. The number of hydrogen-bond acceptors (Lipinski definition) is 4. The normalized spacial score (nSPS) is 17.6. The van der Waals surface area contributed by atoms with Crippen molar-refractivity contribution in [2.45, 2.75) is 0 Å². The third-order valence-electron chi connectivity index (χ3n) is 0.676. The molecule has 0 aromatic rings. The Hall–Kier alpha value is -1.19. The lowest BCUT2D eigenvalue weighted by Gasteiger charge is -2.05. The summed E-state index contributed by atoms with van der Waals surface area (Å²) in [5.74, 6) is 0. The highest BCUT2D eigenvalue weighted by Gasteiger charge is 1.93. The Balaban J connectivity index is 2.68. The first-order valence-electron chi connectivity index (χ1n) is 2.17. The molecule has 0 saturated heterocycles. The van der Waals surface area contributed by atoms with E-state index in [0.717, 1.165) is 0 Å². The minimum Gasteiger partial charge on any atom is -0.169 e. The number of nitrogens with zero attached hydrogens (tertiary/aromatic N) is 4. The SMILES string of the molecule is C=C1C=NN(C)N=N1. The van der Waals surface area contributed by atoms with Crippen LogP contribution in [0.2, 0.25) is 0 Å². The Labute approximate surface area is 47.2 Å². The fraction of sp³-hybridized carbons (Fsp3) is 0.250. The first-order chi connectivity index (χ1) is 3.79. The maximum absolute atomic E-state index is 3.76. The van der Waals surface area contributed by atoms with Crippen molar-refractivity contribution in [2.24, 2.45) is 15.4 Å². The van der Waals surface area contributed by atoms with Crippen LogP contribution in [0.1, 0.15) is 0 Å². The lowest BCUT2D eigenvalue weighted by atomic mass is 10.6. The van der Waals surface area contributed by atoms with Gasteiger partial charge in [0.05, 0.1) is 13.3 Å². The van der Waals surface area contributed by atoms with Crippen LogP contribution < -0.4 is 0 Å². The van der Waals surface area contributed by atoms with E-state index in [1.165, 1.54) is 5.12 Å². The highest BCUT2D eigenvalue weighted by atomic mass is 15.7. The van der Waals surface area contributed by atoms with Crippen molar-refractivity contribution in [1.82, 2.24) is 5.12 Å². The molecule has 0 unspecified atom stereocenters. The van der Waals surface area contributed by atoms with Gasteiger partial charge in [-0.1, -0.05) is 6.58 Å². The average Bonchev–Trinajstić information content (AvgIpc) is 1.77. The molecule has 1 rings (SSSR count). The Kier molecular flexibility index (Phi) is 1.07. The van der Waals surface area contributed by atoms with Gasteiger partial charge in [0.25, 0.3) is 0 Å². The standard InChI is InChI=1S/C4H6N4/c1-4-3-5-8(2)7-6-4/h3H,1H2,2H3. The molecule has 0 aliphatic carbocycles. The zero-order valence-electron chi connectivity index (χ0n) is 4.57. The number of hydrogen-bond donors (Lipinski definition) is 0. The molecule has 0 radical (unpaired) electrons. The van der Waals surface area contributed by atoms with Gasteiger partial charge in [-0.3, -0.25) is 0 Å². The van der Waals surface area contributed by atoms with Gasteiger partial charge in [-0.2, -0.15) is 10.2 Å². The molecule has 0 spiro atoms. The van der Waals surface area contributed by atoms with Gasteiger partial charge in [0.2, 0.25) is 0 Å². The first-order valence-corrected chi connectivity index (χ1v) is 2.17. The van der Waals surface area contributed by atoms with Crippen LogP contribution in [0.5, 0.6) is 0 Å². The summed E-state index contributed by atoms with van der Waals surface area (Å²) in [6.07, 6.45) is 1.55. The molecular formula is C4H6N4. The van der Waals surface area contributed by atoms with E-state index in [0.29, 0.717) is 5.70 Å². The van der Waals surface area contributed by atoms with Crippen molar-refractivity contribution >= 4 is 6.21 Å². The quantitative estimate of drug-likeness (QED) is 0.454. The second-order valence-electron chi connectivity index (χ2n) is 1.41. The summed E-state index contributed by atoms with van der Waals surface area (Å²) in [6, 6.07) is 0. The summed E-state index contributed by atoms with van der Waals surface area (Å²) in [5.41, 5.74) is 0.586. The fourth-order valence-corrected chi connectivity index (χ4v) is 0.321. The summed E-state index contributed by atoms with van der Waals surface area (Å²) in [7, 11) is 1.70. The largest absolute Gasteiger partial charge is 0.169 e. The Morgan fingerprint density at radius 3 is 2.88 bits per heavy atom. The third-order valence-corrected chi connectivity index (χ3v) is 0.676. The molecule has 1 heterocycles. The van der Waals surface area contributed by atoms with E-state index in [1.807, 2.05) is 0 Å². The number of rotatable bonds is 0. The van der Waals surface area contributed by atoms with E-state index in [9.17, 15) is 0 Å². The molecular weight excluding hydrogens is 104 g/mol. The summed E-state index contributed by atoms with van der Waals surface area (Å²) in [5, 5.41) is 12.3. The van der Waals surface area contributed by atoms with Crippen LogP contribution in [0.25, 0.3) is 0 Å². The minimum absolute atomic E-state index is 0.586. The molecule has 4 nitrogen and oxygen atoms in total. The Bertz CT molecular complexity index is 141. The second kappa shape index (κ2) is 1.73. The van der Waals surface area contributed by atoms with Crippen molar-refractivity contribution in [1.29, 1.82) is 0 Å². The van der Waals surface area contributed by atoms with Crippen molar-refractivity contribution in [3.63, 3.8) is 0 Å². The van der Waals surface area contributed by atoms with Crippen LogP contribution in [0, 0.1) is 0 Å². The van der Waals surface area contributed by atoms with Gasteiger partial charge in [-0.25, -0.2) is 0 Å². The Morgan fingerprint density at radius 1 is 1.75 bits per heavy atom. The van der Waals surface area contributed by atoms with E-state index in [1.54, 1.807) is 13.3 Å². The first kappa shape index (κ1) is 4.96. The molecule has 0 aromatic carbocycles. The van der Waals surface area contributed by atoms with E-state index in [2.05, 4.69) is 22.0 Å². The fourth-order valence-electron chi connectivity index (χ4n) is 0.321. The number of allylic oxidation sites excluding steroid dienone is 1. The topological polar surface area (TPSA) is 40.3 Å². The lowest BCUT2D eigenvalue weighted by molar-refractivity contribution is 0.346. The molecule has 4 heteroatoms. The van der Waals surface area contributed by atoms with Crippen molar-refractivity contribution in [3.05, 3.63) is 12.3 Å². The Morgan fingerprint density at radius 2 is 2.50 bits per heavy atom. The highest BCUT2D eigenvalue weighted by molar-refractivity contribution is 5.76. The lowest BCUT2D eigenvalue weighted by Crippen LogP contribution is -2.04. The van der Waals surface area contributed by atoms with Gasteiger partial charge < -0.3 is 0 Å². The second-order valence-corrected chi connectivity index (χ2v) is 1.41. The highest BCUT2D eigenvalue weighted by Crippen LogP contribution is 1.98. The molecule has 0 saturated carbocycles. The van der Waals surface area contributed by atoms with E-state index in [-0.39, 0.29) is 0 Å². The van der Waals surface area contributed by atoms with Crippen LogP contribution in [0.3, 0.4) is 0 Å². The molecule has 0 bridgehead atoms. The smallest absolute Gasteiger partial charge is 0.100 e. The van der Waals surface area contributed by atoms with Gasteiger partial charge in [-0.15, -0.1) is 5.11 Å². The molecule has 0 amide bonds. The predicted molar refractivity (Wildman–Crippen MR) is 30.3 cm³/mol. The maximum Gasteiger partial charge on any atom is 0.100 e. The van der Waals surface area contributed by atoms with Crippen LogP contribution in [-0.2, 0) is 0 Å². The van der Waals surface area contributed by atoms with Gasteiger partial charge in [0.1, 0.15) is 5.70 Å². The molecule has 42 valence electrons. The van der Waals surface area contributed by atoms with Gasteiger partial charge >= 0.3 is 0 Å². The van der Waals surface area contributed by atoms with Crippen LogP contribution in [0.15, 0.2) is 27.7 Å². The van der Waals surface area contributed by atoms with Crippen LogP contribution in [-0.4, -0.2) is 18.4 Å². The summed E-state index contributed by atoms with van der Waals surface area (Å²) in [4.78, 5) is 0. The maximum atomic E-state index is 3.76. The average molecular weight is 110 g/mol. The van der Waals surface area contributed by atoms with Gasteiger partial charge in [0.15, 0.2) is 0 Å². The zero-order valence-corrected chi connectivity index (χ0v) is 4.57. The van der Waals surface area contributed by atoms with Crippen LogP contribution >= 0.6 is 0 Å². The molecule has 0 atom stereocenters. The van der Waals surface area contributed by atoms with Crippen LogP contribution in [0.4, 0.5) is 0 Å². The van der Waals surface area contributed by atoms with E-state index >= 15 is 0 Å². The molecule has 0 aromatic heterocycles. The van der Waals surface area contributed by atoms with E-state index in [4.69, 9.17) is 0 Å². The molecule has 0 N–H and O–H groups in total. The van der Waals surface area contributed by atoms with Crippen molar-refractivity contribution < 1.29 is 0 Å². The summed E-state index contributed by atoms with van der Waals surface area (Å²) < 4.78 is 0. The van der Waals surface area contributed by atoms with Gasteiger partial charge in [0, 0.05) is 0 Å². The molecule has 1 aliphatic heterocycles. The number of hydrazone groups is 1. The molecule has 8 heavy (non-hydrogen) atoms. The summed E-state index contributed by atoms with van der Waals surface area (Å²) in [6.45, 7) is 3.51. The van der Waals surface area contributed by atoms with Crippen molar-refractivity contribution in [2.75, 3.05) is 7.05 Å². The molecule has 1 aliphatic rings. The minimum atomic E-state index is 0.586.